The molecule has 0 radical (unpaired) electrons. The Balaban J connectivity index is 1.92. The highest BCUT2D eigenvalue weighted by atomic mass is 79.9. The molecule has 3 rings (SSSR count). The summed E-state index contributed by atoms with van der Waals surface area (Å²) in [6, 6.07) is 10.7. The summed E-state index contributed by atoms with van der Waals surface area (Å²) in [5, 5.41) is 2.14. The van der Waals surface area contributed by atoms with Crippen LogP contribution in [0.2, 0.25) is 0 Å². The second-order valence-electron chi connectivity index (χ2n) is 5.36. The van der Waals surface area contributed by atoms with E-state index >= 15 is 0 Å². The Kier molecular flexibility index (Phi) is 4.29. The van der Waals surface area contributed by atoms with Gasteiger partial charge in [0.15, 0.2) is 0 Å². The fraction of sp³-hybridized carbons (Fsp3) is 0.125. The van der Waals surface area contributed by atoms with Gasteiger partial charge in [0.05, 0.1) is 16.0 Å². The molecule has 0 spiro atoms. The van der Waals surface area contributed by atoms with Gasteiger partial charge in [-0.25, -0.2) is 13.1 Å². The SMILES string of the molecule is CC(NS(=O)(=O)c1ccc2c(c1)C(=O)NC2=O)c1ccccc1Br. The average molecular weight is 409 g/mol. The molecule has 0 fully saturated rings. The lowest BCUT2D eigenvalue weighted by Crippen LogP contribution is -2.27. The van der Waals surface area contributed by atoms with E-state index in [0.717, 1.165) is 10.0 Å². The predicted octanol–water partition coefficient (Wildman–Crippen LogP) is 2.37. The molecule has 0 saturated carbocycles. The molecule has 1 aliphatic rings. The molecule has 0 bridgehead atoms. The molecule has 1 unspecified atom stereocenters. The second kappa shape index (κ2) is 6.12. The third-order valence-corrected chi connectivity index (χ3v) is 5.98. The van der Waals surface area contributed by atoms with Crippen molar-refractivity contribution in [2.24, 2.45) is 0 Å². The highest BCUT2D eigenvalue weighted by molar-refractivity contribution is 9.10. The topological polar surface area (TPSA) is 92.3 Å². The lowest BCUT2D eigenvalue weighted by atomic mass is 10.1. The number of imide groups is 1. The molecule has 2 N–H and O–H groups in total. The monoisotopic (exact) mass is 408 g/mol. The number of benzene rings is 2. The molecule has 2 aromatic rings. The number of hydrogen-bond acceptors (Lipinski definition) is 4. The maximum atomic E-state index is 12.6. The molecular weight excluding hydrogens is 396 g/mol. The minimum Gasteiger partial charge on any atom is -0.288 e. The van der Waals surface area contributed by atoms with Crippen LogP contribution in [0.5, 0.6) is 0 Å². The van der Waals surface area contributed by atoms with Gasteiger partial charge in [-0.1, -0.05) is 34.1 Å². The first-order valence-electron chi connectivity index (χ1n) is 7.06. The summed E-state index contributed by atoms with van der Waals surface area (Å²) in [6.45, 7) is 1.72. The molecule has 24 heavy (non-hydrogen) atoms. The molecule has 124 valence electrons. The lowest BCUT2D eigenvalue weighted by Gasteiger charge is -2.16. The Hall–Kier alpha value is -2.03. The molecule has 8 heteroatoms. The molecule has 0 aliphatic carbocycles. The number of hydrogen-bond donors (Lipinski definition) is 2. The first kappa shape index (κ1) is 16.8. The zero-order chi connectivity index (χ0) is 17.5. The van der Waals surface area contributed by atoms with E-state index in [-0.39, 0.29) is 16.0 Å². The molecule has 6 nitrogen and oxygen atoms in total. The van der Waals surface area contributed by atoms with Gasteiger partial charge in [-0.3, -0.25) is 14.9 Å². The number of rotatable bonds is 4. The third-order valence-electron chi connectivity index (χ3n) is 3.72. The predicted molar refractivity (Wildman–Crippen MR) is 91.1 cm³/mol. The molecule has 1 heterocycles. The van der Waals surface area contributed by atoms with E-state index in [0.29, 0.717) is 0 Å². The number of sulfonamides is 1. The summed E-state index contributed by atoms with van der Waals surface area (Å²) in [4.78, 5) is 23.2. The van der Waals surface area contributed by atoms with Gasteiger partial charge < -0.3 is 0 Å². The normalized spacial score (nSPS) is 15.1. The van der Waals surface area contributed by atoms with E-state index in [2.05, 4.69) is 26.0 Å². The minimum atomic E-state index is -3.85. The smallest absolute Gasteiger partial charge is 0.258 e. The van der Waals surface area contributed by atoms with E-state index in [1.165, 1.54) is 18.2 Å². The van der Waals surface area contributed by atoms with Gasteiger partial charge in [-0.15, -0.1) is 0 Å². The first-order valence-corrected chi connectivity index (χ1v) is 9.34. The minimum absolute atomic E-state index is 0.0648. The third kappa shape index (κ3) is 3.00. The van der Waals surface area contributed by atoms with Gasteiger partial charge in [-0.2, -0.15) is 0 Å². The van der Waals surface area contributed by atoms with Crippen molar-refractivity contribution in [3.8, 4) is 0 Å². The molecule has 2 aromatic carbocycles. The van der Waals surface area contributed by atoms with E-state index in [4.69, 9.17) is 0 Å². The highest BCUT2D eigenvalue weighted by Crippen LogP contribution is 2.25. The van der Waals surface area contributed by atoms with Crippen LogP contribution in [-0.4, -0.2) is 20.2 Å². The van der Waals surface area contributed by atoms with E-state index < -0.39 is 27.9 Å². The number of carbonyl (C=O) groups is 2. The van der Waals surface area contributed by atoms with Gasteiger partial charge in [0, 0.05) is 10.5 Å². The van der Waals surface area contributed by atoms with Crippen LogP contribution in [0.1, 0.15) is 39.2 Å². The summed E-state index contributed by atoms with van der Waals surface area (Å²) in [7, 11) is -3.85. The van der Waals surface area contributed by atoms with E-state index in [9.17, 15) is 18.0 Å². The van der Waals surface area contributed by atoms with Crippen LogP contribution in [-0.2, 0) is 10.0 Å². The van der Waals surface area contributed by atoms with Crippen molar-refractivity contribution in [1.82, 2.24) is 10.0 Å². The molecule has 0 saturated heterocycles. The summed E-state index contributed by atoms with van der Waals surface area (Å²) in [6.07, 6.45) is 0. The summed E-state index contributed by atoms with van der Waals surface area (Å²) in [5.74, 6) is -1.11. The Morgan fingerprint density at radius 3 is 2.42 bits per heavy atom. The Labute approximate surface area is 147 Å². The van der Waals surface area contributed by atoms with Crippen molar-refractivity contribution in [3.63, 3.8) is 0 Å². The Bertz CT molecular complexity index is 956. The average Bonchev–Trinajstić information content (AvgIpc) is 2.81. The number of halogens is 1. The van der Waals surface area contributed by atoms with Crippen LogP contribution in [0.3, 0.4) is 0 Å². The fourth-order valence-electron chi connectivity index (χ4n) is 2.50. The first-order chi connectivity index (χ1) is 11.3. The van der Waals surface area contributed by atoms with E-state index in [1.54, 1.807) is 6.92 Å². The Morgan fingerprint density at radius 2 is 1.71 bits per heavy atom. The second-order valence-corrected chi connectivity index (χ2v) is 7.92. The van der Waals surface area contributed by atoms with E-state index in [1.807, 2.05) is 24.3 Å². The van der Waals surface area contributed by atoms with Crippen LogP contribution in [0, 0.1) is 0 Å². The summed E-state index contributed by atoms with van der Waals surface area (Å²) < 4.78 is 28.5. The molecule has 0 aromatic heterocycles. The summed E-state index contributed by atoms with van der Waals surface area (Å²) in [5.41, 5.74) is 1.03. The van der Waals surface area contributed by atoms with Gasteiger partial charge in [0.2, 0.25) is 10.0 Å². The van der Waals surface area contributed by atoms with Crippen molar-refractivity contribution < 1.29 is 18.0 Å². The van der Waals surface area contributed by atoms with Crippen LogP contribution in [0.25, 0.3) is 0 Å². The maximum absolute atomic E-state index is 12.6. The van der Waals surface area contributed by atoms with Crippen molar-refractivity contribution in [1.29, 1.82) is 0 Å². The van der Waals surface area contributed by atoms with Gasteiger partial charge >= 0.3 is 0 Å². The van der Waals surface area contributed by atoms with Crippen molar-refractivity contribution in [2.75, 3.05) is 0 Å². The van der Waals surface area contributed by atoms with Crippen molar-refractivity contribution in [2.45, 2.75) is 17.9 Å². The number of nitrogens with one attached hydrogen (secondary N) is 2. The quantitative estimate of drug-likeness (QED) is 0.759. The fourth-order valence-corrected chi connectivity index (χ4v) is 4.38. The molecular formula is C16H13BrN2O4S. The van der Waals surface area contributed by atoms with Crippen LogP contribution >= 0.6 is 15.9 Å². The van der Waals surface area contributed by atoms with Crippen LogP contribution in [0.15, 0.2) is 51.8 Å². The number of carbonyl (C=O) groups excluding carboxylic acids is 2. The van der Waals surface area contributed by atoms with Crippen LogP contribution in [0.4, 0.5) is 0 Å². The number of fused-ring (bicyclic) bond motifs is 1. The van der Waals surface area contributed by atoms with Gasteiger partial charge in [0.25, 0.3) is 11.8 Å². The zero-order valence-electron chi connectivity index (χ0n) is 12.5. The number of amides is 2. The van der Waals surface area contributed by atoms with Crippen molar-refractivity contribution >= 4 is 37.8 Å². The standard InChI is InChI=1S/C16H13BrN2O4S/c1-9(11-4-2-3-5-14(11)17)19-24(22,23)10-6-7-12-13(8-10)16(21)18-15(12)20/h2-9,19H,1H3,(H,18,20,21). The van der Waals surface area contributed by atoms with Crippen LogP contribution < -0.4 is 10.0 Å². The molecule has 1 atom stereocenters. The maximum Gasteiger partial charge on any atom is 0.258 e. The molecule has 1 aliphatic heterocycles. The van der Waals surface area contributed by atoms with Crippen molar-refractivity contribution in [3.05, 3.63) is 63.6 Å². The van der Waals surface area contributed by atoms with Gasteiger partial charge in [0.1, 0.15) is 0 Å². The highest BCUT2D eigenvalue weighted by Gasteiger charge is 2.29. The lowest BCUT2D eigenvalue weighted by molar-refractivity contribution is 0.0879. The molecule has 2 amide bonds. The largest absolute Gasteiger partial charge is 0.288 e. The van der Waals surface area contributed by atoms with Gasteiger partial charge in [-0.05, 0) is 36.8 Å². The summed E-state index contributed by atoms with van der Waals surface area (Å²) >= 11 is 3.39. The Morgan fingerprint density at radius 1 is 1.04 bits per heavy atom. The zero-order valence-corrected chi connectivity index (χ0v) is 14.9.